The largest absolute Gasteiger partial charge is 0.461 e. The lowest BCUT2D eigenvalue weighted by Gasteiger charge is -2.28. The van der Waals surface area contributed by atoms with E-state index in [1.807, 2.05) is 55.8 Å². The molecule has 1 saturated heterocycles. The number of esters is 1. The van der Waals surface area contributed by atoms with E-state index in [-0.39, 0.29) is 17.8 Å². The molecule has 1 aromatic carbocycles. The maximum absolute atomic E-state index is 13.1. The zero-order valence-electron chi connectivity index (χ0n) is 25.7. The average Bonchev–Trinajstić information content (AvgIpc) is 3.65. The number of nitrogens with zero attached hydrogens (tertiary/aromatic N) is 4. The standard InChI is InChI=1S/C30H43N5O5SSi/c1-8-39-28(36)25-27(41-19-31-25)32-22-13-11-21(12-14-22)23-18-34(20-38-16-17-42(5,6)7)26(33-23)24-10-9-15-35(24)29(37)40-30(2,3)4/h11-14,18-19,24,32H,8-10,15-17,20H2,1-7H3/t24-/m0/s1. The SMILES string of the molecule is CCOC(=O)c1ncsc1Nc1ccc(-c2cn(COCC[Si](C)(C)C)c([C@@H]3CCCN3C(=O)OC(C)(C)C)n2)cc1. The van der Waals surface area contributed by atoms with Crippen LogP contribution in [0, 0.1) is 0 Å². The van der Waals surface area contributed by atoms with E-state index in [0.29, 0.717) is 31.5 Å². The summed E-state index contributed by atoms with van der Waals surface area (Å²) < 4.78 is 19.0. The van der Waals surface area contributed by atoms with Gasteiger partial charge in [0.05, 0.1) is 23.9 Å². The number of ether oxygens (including phenoxy) is 3. The van der Waals surface area contributed by atoms with Gasteiger partial charge in [0.15, 0.2) is 5.69 Å². The minimum Gasteiger partial charge on any atom is -0.461 e. The number of hydrogen-bond acceptors (Lipinski definition) is 9. The number of aromatic nitrogens is 3. The maximum Gasteiger partial charge on any atom is 0.410 e. The Kier molecular flexibility index (Phi) is 10.1. The number of carbonyl (C=O) groups excluding carboxylic acids is 2. The smallest absolute Gasteiger partial charge is 0.410 e. The third kappa shape index (κ3) is 8.42. The Morgan fingerprint density at radius 1 is 1.17 bits per heavy atom. The van der Waals surface area contributed by atoms with Crippen molar-refractivity contribution in [3.8, 4) is 11.3 Å². The fourth-order valence-electron chi connectivity index (χ4n) is 4.59. The van der Waals surface area contributed by atoms with Gasteiger partial charge in [-0.3, -0.25) is 4.90 Å². The fourth-order valence-corrected chi connectivity index (χ4v) is 6.03. The zero-order chi connectivity index (χ0) is 30.5. The molecule has 1 fully saturated rings. The Labute approximate surface area is 253 Å². The molecule has 0 radical (unpaired) electrons. The van der Waals surface area contributed by atoms with E-state index < -0.39 is 19.6 Å². The van der Waals surface area contributed by atoms with Gasteiger partial charge < -0.3 is 24.1 Å². The molecule has 0 aliphatic carbocycles. The van der Waals surface area contributed by atoms with Gasteiger partial charge in [-0.1, -0.05) is 31.8 Å². The van der Waals surface area contributed by atoms with E-state index in [4.69, 9.17) is 19.2 Å². The highest BCUT2D eigenvalue weighted by Gasteiger charge is 2.36. The summed E-state index contributed by atoms with van der Waals surface area (Å²) in [5, 5.41) is 3.90. The Morgan fingerprint density at radius 2 is 1.90 bits per heavy atom. The van der Waals surface area contributed by atoms with Crippen LogP contribution in [-0.4, -0.2) is 64.9 Å². The van der Waals surface area contributed by atoms with Gasteiger partial charge in [-0.15, -0.1) is 11.3 Å². The summed E-state index contributed by atoms with van der Waals surface area (Å²) in [6.45, 7) is 16.4. The lowest BCUT2D eigenvalue weighted by molar-refractivity contribution is 0.0203. The predicted molar refractivity (Wildman–Crippen MR) is 168 cm³/mol. The summed E-state index contributed by atoms with van der Waals surface area (Å²) in [5.41, 5.74) is 3.86. The average molecular weight is 614 g/mol. The number of hydrogen-bond donors (Lipinski definition) is 1. The molecule has 0 bridgehead atoms. The number of carbonyl (C=O) groups is 2. The van der Waals surface area contributed by atoms with Crippen LogP contribution in [0.15, 0.2) is 36.0 Å². The van der Waals surface area contributed by atoms with Crippen LogP contribution in [-0.2, 0) is 20.9 Å². The van der Waals surface area contributed by atoms with Crippen molar-refractivity contribution in [3.63, 3.8) is 0 Å². The molecule has 42 heavy (non-hydrogen) atoms. The normalized spacial score (nSPS) is 15.6. The molecule has 0 spiro atoms. The van der Waals surface area contributed by atoms with E-state index in [2.05, 4.69) is 29.9 Å². The van der Waals surface area contributed by atoms with Crippen molar-refractivity contribution < 1.29 is 23.8 Å². The number of thiazole rings is 1. The van der Waals surface area contributed by atoms with Crippen molar-refractivity contribution in [3.05, 3.63) is 47.5 Å². The first-order chi connectivity index (χ1) is 19.8. The molecule has 0 saturated carbocycles. The number of amides is 1. The van der Waals surface area contributed by atoms with Gasteiger partial charge in [0.1, 0.15) is 23.2 Å². The summed E-state index contributed by atoms with van der Waals surface area (Å²) in [5.74, 6) is 0.350. The van der Waals surface area contributed by atoms with Crippen LogP contribution in [0.1, 0.15) is 62.9 Å². The van der Waals surface area contributed by atoms with Crippen LogP contribution in [0.3, 0.4) is 0 Å². The molecule has 3 heterocycles. The van der Waals surface area contributed by atoms with Crippen molar-refractivity contribution in [2.24, 2.45) is 0 Å². The molecule has 0 unspecified atom stereocenters. The molecule has 10 nitrogen and oxygen atoms in total. The van der Waals surface area contributed by atoms with Crippen molar-refractivity contribution in [2.45, 2.75) is 84.6 Å². The molecule has 1 N–H and O–H groups in total. The molecule has 2 aromatic heterocycles. The summed E-state index contributed by atoms with van der Waals surface area (Å²) in [6.07, 6.45) is 3.38. The van der Waals surface area contributed by atoms with Crippen LogP contribution in [0.2, 0.25) is 25.7 Å². The van der Waals surface area contributed by atoms with E-state index in [1.165, 1.54) is 11.3 Å². The van der Waals surface area contributed by atoms with Gasteiger partial charge in [0.25, 0.3) is 0 Å². The highest BCUT2D eigenvalue weighted by Crippen LogP contribution is 2.35. The second-order valence-corrected chi connectivity index (χ2v) is 19.1. The number of rotatable bonds is 11. The van der Waals surface area contributed by atoms with E-state index in [1.54, 1.807) is 17.3 Å². The molecule has 3 aromatic rings. The van der Waals surface area contributed by atoms with Gasteiger partial charge in [-0.05, 0) is 58.7 Å². The van der Waals surface area contributed by atoms with Crippen molar-refractivity contribution in [1.82, 2.24) is 19.4 Å². The first-order valence-corrected chi connectivity index (χ1v) is 19.1. The van der Waals surface area contributed by atoms with Crippen LogP contribution in [0.25, 0.3) is 11.3 Å². The zero-order valence-corrected chi connectivity index (χ0v) is 27.5. The number of anilines is 2. The predicted octanol–water partition coefficient (Wildman–Crippen LogP) is 7.31. The Bertz CT molecular complexity index is 1360. The summed E-state index contributed by atoms with van der Waals surface area (Å²) in [4.78, 5) is 36.3. The van der Waals surface area contributed by atoms with Gasteiger partial charge in [0, 0.05) is 38.7 Å². The molecule has 12 heteroatoms. The van der Waals surface area contributed by atoms with Crippen LogP contribution in [0.4, 0.5) is 15.5 Å². The number of benzene rings is 1. The van der Waals surface area contributed by atoms with Gasteiger partial charge in [-0.25, -0.2) is 19.6 Å². The fraction of sp³-hybridized carbons (Fsp3) is 0.533. The molecule has 1 aliphatic heterocycles. The monoisotopic (exact) mass is 613 g/mol. The first kappa shape index (κ1) is 31.7. The molecular formula is C30H43N5O5SSi. The van der Waals surface area contributed by atoms with Gasteiger partial charge in [0.2, 0.25) is 0 Å². The maximum atomic E-state index is 13.1. The number of imidazole rings is 1. The van der Waals surface area contributed by atoms with E-state index in [0.717, 1.165) is 41.7 Å². The van der Waals surface area contributed by atoms with Crippen molar-refractivity contribution in [1.29, 1.82) is 0 Å². The van der Waals surface area contributed by atoms with Crippen LogP contribution < -0.4 is 5.32 Å². The Hall–Kier alpha value is -3.22. The van der Waals surface area contributed by atoms with E-state index in [9.17, 15) is 9.59 Å². The quantitative estimate of drug-likeness (QED) is 0.136. The Balaban J connectivity index is 1.56. The minimum atomic E-state index is -1.23. The molecule has 1 aliphatic rings. The third-order valence-corrected chi connectivity index (χ3v) is 9.13. The minimum absolute atomic E-state index is 0.192. The molecular weight excluding hydrogens is 571 g/mol. The topological polar surface area (TPSA) is 108 Å². The molecule has 1 atom stereocenters. The van der Waals surface area contributed by atoms with Crippen LogP contribution in [0.5, 0.6) is 0 Å². The number of likely N-dealkylation sites (tertiary alicyclic amines) is 1. The summed E-state index contributed by atoms with van der Waals surface area (Å²) >= 11 is 1.34. The summed E-state index contributed by atoms with van der Waals surface area (Å²) in [7, 11) is -1.23. The molecule has 4 rings (SSSR count). The van der Waals surface area contributed by atoms with E-state index >= 15 is 0 Å². The highest BCUT2D eigenvalue weighted by atomic mass is 32.1. The van der Waals surface area contributed by atoms with Crippen molar-refractivity contribution >= 4 is 42.2 Å². The lowest BCUT2D eigenvalue weighted by Crippen LogP contribution is -2.37. The first-order valence-electron chi connectivity index (χ1n) is 14.5. The van der Waals surface area contributed by atoms with Gasteiger partial charge >= 0.3 is 12.1 Å². The third-order valence-electron chi connectivity index (χ3n) is 6.69. The van der Waals surface area contributed by atoms with Crippen LogP contribution >= 0.6 is 11.3 Å². The lowest BCUT2D eigenvalue weighted by atomic mass is 10.1. The number of nitrogens with one attached hydrogen (secondary N) is 1. The Morgan fingerprint density at radius 3 is 2.57 bits per heavy atom. The highest BCUT2D eigenvalue weighted by molar-refractivity contribution is 7.14. The molecule has 1 amide bonds. The second-order valence-electron chi connectivity index (χ2n) is 12.6. The summed E-state index contributed by atoms with van der Waals surface area (Å²) in [6, 6.07) is 8.73. The second kappa shape index (κ2) is 13.4. The molecule has 228 valence electrons. The van der Waals surface area contributed by atoms with Crippen molar-refractivity contribution in [2.75, 3.05) is 25.1 Å². The van der Waals surface area contributed by atoms with Gasteiger partial charge in [-0.2, -0.15) is 0 Å².